The number of nitrogens with one attached hydrogen (secondary N) is 1. The van der Waals surface area contributed by atoms with Crippen LogP contribution in [0.25, 0.3) is 0 Å². The van der Waals surface area contributed by atoms with Gasteiger partial charge in [0.1, 0.15) is 5.82 Å². The molecule has 0 aliphatic rings. The Kier molecular flexibility index (Phi) is 4.79. The zero-order valence-electron chi connectivity index (χ0n) is 10.8. The number of hydrogen-bond acceptors (Lipinski definition) is 3. The van der Waals surface area contributed by atoms with Gasteiger partial charge in [-0.3, -0.25) is 4.72 Å². The van der Waals surface area contributed by atoms with Crippen LogP contribution in [0.5, 0.6) is 0 Å². The van der Waals surface area contributed by atoms with Crippen molar-refractivity contribution in [1.29, 1.82) is 0 Å². The second kappa shape index (κ2) is 6.09. The maximum absolute atomic E-state index is 13.1. The molecule has 0 saturated heterocycles. The fourth-order valence-corrected chi connectivity index (χ4v) is 4.53. The molecule has 8 heteroatoms. The second-order valence-corrected chi connectivity index (χ2v) is 8.08. The summed E-state index contributed by atoms with van der Waals surface area (Å²) in [6.07, 6.45) is 0. The highest BCUT2D eigenvalue weighted by atomic mass is 127. The van der Waals surface area contributed by atoms with E-state index in [9.17, 15) is 12.8 Å². The first-order valence-corrected chi connectivity index (χ1v) is 9.09. The molecule has 0 aliphatic heterocycles. The van der Waals surface area contributed by atoms with E-state index in [2.05, 4.69) is 20.7 Å². The molecule has 0 aliphatic carbocycles. The minimum atomic E-state index is -3.81. The molecule has 0 spiro atoms. The van der Waals surface area contributed by atoms with Crippen molar-refractivity contribution in [3.05, 3.63) is 49.8 Å². The predicted molar refractivity (Wildman–Crippen MR) is 93.2 cm³/mol. The van der Waals surface area contributed by atoms with Crippen LogP contribution in [-0.2, 0) is 10.0 Å². The maximum atomic E-state index is 13.1. The molecule has 0 radical (unpaired) electrons. The summed E-state index contributed by atoms with van der Waals surface area (Å²) in [5.41, 5.74) is 6.94. The molecule has 2 rings (SSSR count). The van der Waals surface area contributed by atoms with Crippen LogP contribution in [0.15, 0.2) is 39.7 Å². The highest BCUT2D eigenvalue weighted by molar-refractivity contribution is 14.1. The maximum Gasteiger partial charge on any atom is 0.262 e. The van der Waals surface area contributed by atoms with Gasteiger partial charge in [0.2, 0.25) is 0 Å². The molecule has 112 valence electrons. The number of hydrogen-bond donors (Lipinski definition) is 2. The number of anilines is 2. The molecular formula is C13H11BrFIN2O2S. The number of nitrogen functional groups attached to an aromatic ring is 1. The Labute approximate surface area is 144 Å². The lowest BCUT2D eigenvalue weighted by molar-refractivity contribution is 0.600. The molecule has 3 N–H and O–H groups in total. The Hall–Kier alpha value is -0.870. The van der Waals surface area contributed by atoms with Gasteiger partial charge in [0.25, 0.3) is 10.0 Å². The van der Waals surface area contributed by atoms with Gasteiger partial charge >= 0.3 is 0 Å². The molecule has 0 atom stereocenters. The van der Waals surface area contributed by atoms with Crippen molar-refractivity contribution in [2.24, 2.45) is 0 Å². The van der Waals surface area contributed by atoms with Crippen molar-refractivity contribution in [3.63, 3.8) is 0 Å². The van der Waals surface area contributed by atoms with Gasteiger partial charge in [0, 0.05) is 13.7 Å². The van der Waals surface area contributed by atoms with E-state index in [4.69, 9.17) is 5.73 Å². The second-order valence-electron chi connectivity index (χ2n) is 4.35. The van der Waals surface area contributed by atoms with Gasteiger partial charge < -0.3 is 5.73 Å². The summed E-state index contributed by atoms with van der Waals surface area (Å²) < 4.78 is 41.5. The van der Waals surface area contributed by atoms with E-state index in [1.807, 2.05) is 22.6 Å². The summed E-state index contributed by atoms with van der Waals surface area (Å²) in [6, 6.07) is 6.94. The first-order valence-electron chi connectivity index (χ1n) is 5.74. The summed E-state index contributed by atoms with van der Waals surface area (Å²) in [5.74, 6) is -0.426. The molecule has 0 aromatic heterocycles. The zero-order chi connectivity index (χ0) is 15.8. The highest BCUT2D eigenvalue weighted by Crippen LogP contribution is 2.29. The van der Waals surface area contributed by atoms with E-state index in [1.54, 1.807) is 13.0 Å². The third-order valence-corrected chi connectivity index (χ3v) is 5.67. The fraction of sp³-hybridized carbons (Fsp3) is 0.0769. The van der Waals surface area contributed by atoms with E-state index < -0.39 is 15.8 Å². The molecular weight excluding hydrogens is 474 g/mol. The summed E-state index contributed by atoms with van der Waals surface area (Å²) in [4.78, 5) is 0.0782. The largest absolute Gasteiger partial charge is 0.398 e. The predicted octanol–water partition coefficient (Wildman–Crippen LogP) is 3.88. The first-order chi connectivity index (χ1) is 9.70. The Morgan fingerprint density at radius 3 is 2.57 bits per heavy atom. The third-order valence-electron chi connectivity index (χ3n) is 2.83. The Bertz CT molecular complexity index is 812. The number of halogens is 3. The van der Waals surface area contributed by atoms with Crippen molar-refractivity contribution in [2.45, 2.75) is 11.8 Å². The molecule has 0 saturated carbocycles. The highest BCUT2D eigenvalue weighted by Gasteiger charge is 2.20. The van der Waals surface area contributed by atoms with Crippen LogP contribution in [0.3, 0.4) is 0 Å². The molecule has 2 aromatic carbocycles. The van der Waals surface area contributed by atoms with E-state index in [-0.39, 0.29) is 4.90 Å². The van der Waals surface area contributed by atoms with Crippen molar-refractivity contribution < 1.29 is 12.8 Å². The first kappa shape index (κ1) is 16.5. The van der Waals surface area contributed by atoms with E-state index in [1.165, 1.54) is 24.3 Å². The van der Waals surface area contributed by atoms with Crippen LogP contribution in [0, 0.1) is 16.3 Å². The van der Waals surface area contributed by atoms with Gasteiger partial charge in [-0.2, -0.15) is 0 Å². The minimum Gasteiger partial charge on any atom is -0.398 e. The van der Waals surface area contributed by atoms with Gasteiger partial charge in [0.05, 0.1) is 10.6 Å². The Morgan fingerprint density at radius 1 is 1.29 bits per heavy atom. The molecule has 2 aromatic rings. The lowest BCUT2D eigenvalue weighted by Crippen LogP contribution is -2.16. The third kappa shape index (κ3) is 3.67. The SMILES string of the molecule is Cc1c(N)cc(Br)cc1S(=O)(=O)Nc1ccc(F)cc1I. The van der Waals surface area contributed by atoms with E-state index in [0.29, 0.717) is 25.0 Å². The lowest BCUT2D eigenvalue weighted by atomic mass is 10.2. The number of nitrogens with two attached hydrogens (primary N) is 1. The Morgan fingerprint density at radius 2 is 1.95 bits per heavy atom. The van der Waals surface area contributed by atoms with Gasteiger partial charge in [-0.25, -0.2) is 12.8 Å². The molecule has 0 unspecified atom stereocenters. The van der Waals surface area contributed by atoms with Crippen molar-refractivity contribution in [3.8, 4) is 0 Å². The zero-order valence-corrected chi connectivity index (χ0v) is 15.4. The van der Waals surface area contributed by atoms with Crippen LogP contribution in [-0.4, -0.2) is 8.42 Å². The standard InChI is InChI=1S/C13H11BrFIN2O2S/c1-7-11(17)4-8(14)5-13(7)21(19,20)18-12-3-2-9(15)6-10(12)16/h2-6,18H,17H2,1H3. The van der Waals surface area contributed by atoms with Crippen molar-refractivity contribution in [1.82, 2.24) is 0 Å². The van der Waals surface area contributed by atoms with E-state index >= 15 is 0 Å². The summed E-state index contributed by atoms with van der Waals surface area (Å²) in [6.45, 7) is 1.63. The van der Waals surface area contributed by atoms with Gasteiger partial charge in [-0.15, -0.1) is 0 Å². The Balaban J connectivity index is 2.48. The van der Waals surface area contributed by atoms with Gasteiger partial charge in [0.15, 0.2) is 0 Å². The number of benzene rings is 2. The summed E-state index contributed by atoms with van der Waals surface area (Å²) >= 11 is 5.09. The molecule has 4 nitrogen and oxygen atoms in total. The van der Waals surface area contributed by atoms with Crippen molar-refractivity contribution >= 4 is 59.9 Å². The molecule has 21 heavy (non-hydrogen) atoms. The van der Waals surface area contributed by atoms with Crippen LogP contribution in [0.2, 0.25) is 0 Å². The molecule has 0 fully saturated rings. The number of rotatable bonds is 3. The molecule has 0 heterocycles. The molecule has 0 amide bonds. The van der Waals surface area contributed by atoms with Crippen LogP contribution in [0.4, 0.5) is 15.8 Å². The van der Waals surface area contributed by atoms with Gasteiger partial charge in [-0.05, 0) is 65.4 Å². The normalized spacial score (nSPS) is 11.4. The quantitative estimate of drug-likeness (QED) is 0.513. The van der Waals surface area contributed by atoms with Crippen LogP contribution in [0.1, 0.15) is 5.56 Å². The van der Waals surface area contributed by atoms with Crippen LogP contribution < -0.4 is 10.5 Å². The average molecular weight is 485 g/mol. The van der Waals surface area contributed by atoms with Crippen molar-refractivity contribution in [2.75, 3.05) is 10.5 Å². The summed E-state index contributed by atoms with van der Waals surface area (Å²) in [5, 5.41) is 0. The minimum absolute atomic E-state index is 0.0782. The topological polar surface area (TPSA) is 72.2 Å². The number of sulfonamides is 1. The smallest absolute Gasteiger partial charge is 0.262 e. The molecule has 0 bridgehead atoms. The van der Waals surface area contributed by atoms with E-state index in [0.717, 1.165) is 0 Å². The lowest BCUT2D eigenvalue weighted by Gasteiger charge is -2.13. The monoisotopic (exact) mass is 484 g/mol. The van der Waals surface area contributed by atoms with Gasteiger partial charge in [-0.1, -0.05) is 15.9 Å². The average Bonchev–Trinajstić information content (AvgIpc) is 2.37. The summed E-state index contributed by atoms with van der Waals surface area (Å²) in [7, 11) is -3.81. The van der Waals surface area contributed by atoms with Crippen LogP contribution >= 0.6 is 38.5 Å². The fourth-order valence-electron chi connectivity index (χ4n) is 1.73.